The van der Waals surface area contributed by atoms with Gasteiger partial charge in [0, 0.05) is 6.04 Å². The maximum atomic E-state index is 13.1. The molecule has 2 aliphatic carbocycles. The number of carbonyl (C=O) groups excluding carboxylic acids is 1. The van der Waals surface area contributed by atoms with E-state index in [0.29, 0.717) is 12.0 Å². The number of rotatable bonds is 8. The highest BCUT2D eigenvalue weighted by Gasteiger charge is 2.32. The number of carbonyl (C=O) groups is 1. The van der Waals surface area contributed by atoms with E-state index in [1.807, 2.05) is 30.3 Å². The van der Waals surface area contributed by atoms with Crippen LogP contribution in [0.5, 0.6) is 0 Å². The normalized spacial score (nSPS) is 19.4. The highest BCUT2D eigenvalue weighted by molar-refractivity contribution is 5.78. The van der Waals surface area contributed by atoms with Crippen molar-refractivity contribution in [2.24, 2.45) is 5.92 Å². The van der Waals surface area contributed by atoms with Crippen molar-refractivity contribution < 1.29 is 13.9 Å². The van der Waals surface area contributed by atoms with Crippen molar-refractivity contribution in [2.45, 2.75) is 89.3 Å². The van der Waals surface area contributed by atoms with Crippen LogP contribution < -0.4 is 0 Å². The molecule has 1 atom stereocenters. The van der Waals surface area contributed by atoms with Gasteiger partial charge in [0.1, 0.15) is 18.1 Å². The Balaban J connectivity index is 1.34. The average Bonchev–Trinajstić information content (AvgIpc) is 3.27. The third-order valence-electron chi connectivity index (χ3n) is 7.21. The molecule has 2 aliphatic rings. The van der Waals surface area contributed by atoms with E-state index in [0.717, 1.165) is 36.5 Å². The molecule has 0 unspecified atom stereocenters. The Kier molecular flexibility index (Phi) is 7.85. The molecule has 168 valence electrons. The summed E-state index contributed by atoms with van der Waals surface area (Å²) >= 11 is 0. The van der Waals surface area contributed by atoms with Gasteiger partial charge in [-0.25, -0.2) is 0 Å². The molecule has 1 aromatic carbocycles. The van der Waals surface area contributed by atoms with Crippen LogP contribution >= 0.6 is 0 Å². The molecule has 0 radical (unpaired) electrons. The molecule has 4 nitrogen and oxygen atoms in total. The van der Waals surface area contributed by atoms with Gasteiger partial charge in [-0.15, -0.1) is 0 Å². The molecule has 2 fully saturated rings. The molecule has 2 saturated carbocycles. The molecule has 0 N–H and O–H groups in total. The number of nitrogens with zero attached hydrogens (tertiary/aromatic N) is 1. The van der Waals surface area contributed by atoms with Gasteiger partial charge in [-0.05, 0) is 56.3 Å². The summed E-state index contributed by atoms with van der Waals surface area (Å²) in [5.41, 5.74) is 1.08. The molecule has 0 bridgehead atoms. The SMILES string of the molecule is CN(Cc1ccc(COC(=O)[C@H](c2ccccc2)C2CCCCC2)o1)C1CCCCC1. The van der Waals surface area contributed by atoms with Crippen molar-refractivity contribution in [1.82, 2.24) is 4.90 Å². The Morgan fingerprint density at radius 1 is 0.935 bits per heavy atom. The number of ether oxygens (including phenoxy) is 1. The second-order valence-corrected chi connectivity index (χ2v) is 9.47. The molecule has 31 heavy (non-hydrogen) atoms. The van der Waals surface area contributed by atoms with Crippen LogP contribution in [0.2, 0.25) is 0 Å². The predicted molar refractivity (Wildman–Crippen MR) is 123 cm³/mol. The predicted octanol–water partition coefficient (Wildman–Crippen LogP) is 6.45. The fraction of sp³-hybridized carbons (Fsp3) is 0.593. The summed E-state index contributed by atoms with van der Waals surface area (Å²) in [5, 5.41) is 0. The Bertz CT molecular complexity index is 803. The van der Waals surface area contributed by atoms with Crippen LogP contribution in [0.4, 0.5) is 0 Å². The molecule has 0 amide bonds. The first-order valence-electron chi connectivity index (χ1n) is 12.2. The first-order valence-corrected chi connectivity index (χ1v) is 12.2. The zero-order valence-electron chi connectivity index (χ0n) is 18.9. The van der Waals surface area contributed by atoms with Gasteiger partial charge < -0.3 is 9.15 Å². The Hall–Kier alpha value is -2.07. The van der Waals surface area contributed by atoms with Crippen molar-refractivity contribution in [3.63, 3.8) is 0 Å². The van der Waals surface area contributed by atoms with E-state index in [-0.39, 0.29) is 18.5 Å². The maximum Gasteiger partial charge on any atom is 0.314 e. The largest absolute Gasteiger partial charge is 0.461 e. The first kappa shape index (κ1) is 22.1. The van der Waals surface area contributed by atoms with Gasteiger partial charge in [-0.1, -0.05) is 68.9 Å². The summed E-state index contributed by atoms with van der Waals surface area (Å²) < 4.78 is 11.8. The fourth-order valence-corrected chi connectivity index (χ4v) is 5.44. The summed E-state index contributed by atoms with van der Waals surface area (Å²) in [7, 11) is 2.19. The average molecular weight is 424 g/mol. The minimum absolute atomic E-state index is 0.115. The van der Waals surface area contributed by atoms with Crippen LogP contribution in [0.15, 0.2) is 46.9 Å². The molecule has 2 aromatic rings. The van der Waals surface area contributed by atoms with Crippen LogP contribution in [0.3, 0.4) is 0 Å². The zero-order valence-corrected chi connectivity index (χ0v) is 18.9. The summed E-state index contributed by atoms with van der Waals surface area (Å²) in [6.45, 7) is 1.02. The third-order valence-corrected chi connectivity index (χ3v) is 7.21. The monoisotopic (exact) mass is 423 g/mol. The number of hydrogen-bond donors (Lipinski definition) is 0. The molecule has 1 heterocycles. The van der Waals surface area contributed by atoms with Gasteiger partial charge in [-0.2, -0.15) is 0 Å². The lowest BCUT2D eigenvalue weighted by Crippen LogP contribution is -2.32. The van der Waals surface area contributed by atoms with Gasteiger partial charge in [0.25, 0.3) is 0 Å². The van der Waals surface area contributed by atoms with Crippen molar-refractivity contribution in [3.05, 3.63) is 59.5 Å². The second-order valence-electron chi connectivity index (χ2n) is 9.47. The van der Waals surface area contributed by atoms with Gasteiger partial charge in [-0.3, -0.25) is 9.69 Å². The van der Waals surface area contributed by atoms with Crippen LogP contribution in [-0.4, -0.2) is 24.0 Å². The summed E-state index contributed by atoms with van der Waals surface area (Å²) in [5.74, 6) is 1.77. The summed E-state index contributed by atoms with van der Waals surface area (Å²) in [6, 6.07) is 14.8. The van der Waals surface area contributed by atoms with E-state index >= 15 is 0 Å². The summed E-state index contributed by atoms with van der Waals surface area (Å²) in [6.07, 6.45) is 12.5. The van der Waals surface area contributed by atoms with Gasteiger partial charge in [0.2, 0.25) is 0 Å². The van der Waals surface area contributed by atoms with Crippen molar-refractivity contribution in [1.29, 1.82) is 0 Å². The van der Waals surface area contributed by atoms with E-state index in [2.05, 4.69) is 24.1 Å². The molecule has 4 rings (SSSR count). The minimum atomic E-state index is -0.173. The number of furan rings is 1. The van der Waals surface area contributed by atoms with E-state index < -0.39 is 0 Å². The van der Waals surface area contributed by atoms with E-state index in [9.17, 15) is 4.79 Å². The van der Waals surface area contributed by atoms with Crippen molar-refractivity contribution >= 4 is 5.97 Å². The quantitative estimate of drug-likeness (QED) is 0.458. The van der Waals surface area contributed by atoms with Gasteiger partial charge >= 0.3 is 5.97 Å². The Morgan fingerprint density at radius 2 is 1.58 bits per heavy atom. The van der Waals surface area contributed by atoms with Gasteiger partial charge in [0.05, 0.1) is 12.5 Å². The molecule has 4 heteroatoms. The third kappa shape index (κ3) is 6.00. The van der Waals surface area contributed by atoms with E-state index in [4.69, 9.17) is 9.15 Å². The molecular weight excluding hydrogens is 386 g/mol. The molecule has 0 aliphatic heterocycles. The highest BCUT2D eigenvalue weighted by Crippen LogP contribution is 2.37. The molecule has 0 saturated heterocycles. The maximum absolute atomic E-state index is 13.1. The standard InChI is InChI=1S/C27H37NO3/c1-28(23-15-9-4-10-16-23)19-24-17-18-25(31-24)20-30-27(29)26(21-11-5-2-6-12-21)22-13-7-3-8-14-22/h2,5-6,11-12,17-18,22-23,26H,3-4,7-10,13-16,19-20H2,1H3/t26-/m1/s1. The second kappa shape index (κ2) is 11.0. The van der Waals surface area contributed by atoms with Crippen LogP contribution in [-0.2, 0) is 22.7 Å². The molecule has 0 spiro atoms. The Labute approximate surface area is 187 Å². The first-order chi connectivity index (χ1) is 15.2. The molecular formula is C27H37NO3. The zero-order chi connectivity index (χ0) is 21.5. The van der Waals surface area contributed by atoms with Crippen molar-refractivity contribution in [3.8, 4) is 0 Å². The van der Waals surface area contributed by atoms with Crippen LogP contribution in [0, 0.1) is 5.92 Å². The summed E-state index contributed by atoms with van der Waals surface area (Å²) in [4.78, 5) is 15.5. The van der Waals surface area contributed by atoms with Gasteiger partial charge in [0.15, 0.2) is 0 Å². The topological polar surface area (TPSA) is 42.7 Å². The Morgan fingerprint density at radius 3 is 2.29 bits per heavy atom. The lowest BCUT2D eigenvalue weighted by Gasteiger charge is -2.30. The fourth-order valence-electron chi connectivity index (χ4n) is 5.44. The van der Waals surface area contributed by atoms with Crippen LogP contribution in [0.25, 0.3) is 0 Å². The lowest BCUT2D eigenvalue weighted by molar-refractivity contribution is -0.149. The lowest BCUT2D eigenvalue weighted by atomic mass is 9.77. The minimum Gasteiger partial charge on any atom is -0.461 e. The number of benzene rings is 1. The van der Waals surface area contributed by atoms with E-state index in [1.54, 1.807) is 0 Å². The highest BCUT2D eigenvalue weighted by atomic mass is 16.5. The number of hydrogen-bond acceptors (Lipinski definition) is 4. The van der Waals surface area contributed by atoms with Crippen LogP contribution in [0.1, 0.15) is 87.2 Å². The van der Waals surface area contributed by atoms with Crippen molar-refractivity contribution in [2.75, 3.05) is 7.05 Å². The smallest absolute Gasteiger partial charge is 0.314 e. The number of esters is 1. The molecule has 1 aromatic heterocycles. The van der Waals surface area contributed by atoms with E-state index in [1.165, 1.54) is 51.4 Å².